The second kappa shape index (κ2) is 3.33. The molecule has 0 aliphatic rings. The van der Waals surface area contributed by atoms with Crippen LogP contribution in [0.15, 0.2) is 43.2 Å². The van der Waals surface area contributed by atoms with Crippen LogP contribution in [0, 0.1) is 0 Å². The van der Waals surface area contributed by atoms with E-state index in [1.165, 1.54) is 6.20 Å². The van der Waals surface area contributed by atoms with Crippen molar-refractivity contribution in [3.05, 3.63) is 43.2 Å². The van der Waals surface area contributed by atoms with E-state index in [9.17, 15) is 4.79 Å². The number of hydrogen-bond acceptors (Lipinski definition) is 3. The summed E-state index contributed by atoms with van der Waals surface area (Å²) in [6, 6.07) is 5.52. The zero-order chi connectivity index (χ0) is 9.97. The first-order valence-corrected chi connectivity index (χ1v) is 4.07. The summed E-state index contributed by atoms with van der Waals surface area (Å²) >= 11 is 0. The highest BCUT2D eigenvalue weighted by Gasteiger charge is 2.05. The van der Waals surface area contributed by atoms with Crippen molar-refractivity contribution >= 4 is 11.6 Å². The molecule has 4 heteroatoms. The molecule has 70 valence electrons. The van der Waals surface area contributed by atoms with E-state index in [2.05, 4.69) is 11.6 Å². The molecule has 0 bridgehead atoms. The number of nitrogens with zero attached hydrogens (tertiary/aromatic N) is 2. The Balaban J connectivity index is 2.43. The molecule has 2 aromatic heterocycles. The Hall–Kier alpha value is -2.10. The van der Waals surface area contributed by atoms with Crippen LogP contribution in [-0.2, 0) is 4.79 Å². The second-order valence-electron chi connectivity index (χ2n) is 2.65. The Morgan fingerprint density at radius 2 is 2.43 bits per heavy atom. The fourth-order valence-corrected chi connectivity index (χ4v) is 1.13. The predicted octanol–water partition coefficient (Wildman–Crippen LogP) is 1.43. The first-order valence-electron chi connectivity index (χ1n) is 4.07. The van der Waals surface area contributed by atoms with E-state index >= 15 is 0 Å². The van der Waals surface area contributed by atoms with Gasteiger partial charge in [-0.05, 0) is 12.1 Å². The van der Waals surface area contributed by atoms with Gasteiger partial charge in [0.15, 0.2) is 0 Å². The molecule has 0 radical (unpaired) electrons. The van der Waals surface area contributed by atoms with Crippen molar-refractivity contribution < 1.29 is 9.53 Å². The monoisotopic (exact) mass is 188 g/mol. The predicted molar refractivity (Wildman–Crippen MR) is 51.0 cm³/mol. The average molecular weight is 188 g/mol. The molecule has 0 saturated heterocycles. The fraction of sp³-hybridized carbons (Fsp3) is 0. The minimum atomic E-state index is -0.490. The van der Waals surface area contributed by atoms with E-state index in [4.69, 9.17) is 4.74 Å². The summed E-state index contributed by atoms with van der Waals surface area (Å²) in [4.78, 5) is 15.0. The molecular formula is C10H8N2O2. The van der Waals surface area contributed by atoms with Crippen LogP contribution in [0.3, 0.4) is 0 Å². The number of fused-ring (bicyclic) bond motifs is 1. The summed E-state index contributed by atoms with van der Waals surface area (Å²) < 4.78 is 6.64. The van der Waals surface area contributed by atoms with Crippen molar-refractivity contribution in [2.24, 2.45) is 0 Å². The Morgan fingerprint density at radius 1 is 1.57 bits per heavy atom. The maximum atomic E-state index is 10.9. The van der Waals surface area contributed by atoms with Gasteiger partial charge in [0.1, 0.15) is 5.65 Å². The summed E-state index contributed by atoms with van der Waals surface area (Å²) in [7, 11) is 0. The van der Waals surface area contributed by atoms with Crippen molar-refractivity contribution in [1.82, 2.24) is 9.38 Å². The molecule has 0 aromatic carbocycles. The Bertz CT molecular complexity index is 488. The van der Waals surface area contributed by atoms with Crippen LogP contribution in [0.1, 0.15) is 0 Å². The Morgan fingerprint density at radius 3 is 3.21 bits per heavy atom. The van der Waals surface area contributed by atoms with Gasteiger partial charge in [-0.1, -0.05) is 12.6 Å². The molecule has 0 unspecified atom stereocenters. The van der Waals surface area contributed by atoms with Gasteiger partial charge in [0.05, 0.1) is 6.20 Å². The molecule has 0 saturated carbocycles. The smallest absolute Gasteiger partial charge is 0.336 e. The number of rotatable bonds is 2. The molecular weight excluding hydrogens is 180 g/mol. The van der Waals surface area contributed by atoms with E-state index in [0.29, 0.717) is 5.88 Å². The number of carbonyl (C=O) groups excluding carboxylic acids is 1. The van der Waals surface area contributed by atoms with E-state index in [-0.39, 0.29) is 0 Å². The van der Waals surface area contributed by atoms with Gasteiger partial charge >= 0.3 is 5.97 Å². The number of esters is 1. The lowest BCUT2D eigenvalue weighted by atomic mass is 10.5. The summed E-state index contributed by atoms with van der Waals surface area (Å²) in [5.41, 5.74) is 0.736. The standard InChI is InChI=1S/C10H8N2O2/c1-2-10(13)14-9-7-11-8-5-3-4-6-12(8)9/h2-7H,1H2. The molecule has 0 amide bonds. The minimum Gasteiger partial charge on any atom is -0.404 e. The van der Waals surface area contributed by atoms with Crippen molar-refractivity contribution in [3.63, 3.8) is 0 Å². The maximum Gasteiger partial charge on any atom is 0.336 e. The van der Waals surface area contributed by atoms with E-state index in [1.807, 2.05) is 18.2 Å². The topological polar surface area (TPSA) is 43.6 Å². The first kappa shape index (κ1) is 8.50. The summed E-state index contributed by atoms with van der Waals surface area (Å²) in [5, 5.41) is 0. The van der Waals surface area contributed by atoms with Gasteiger partial charge < -0.3 is 4.74 Å². The van der Waals surface area contributed by atoms with Crippen molar-refractivity contribution in [2.45, 2.75) is 0 Å². The number of pyridine rings is 1. The van der Waals surface area contributed by atoms with Gasteiger partial charge in [0.2, 0.25) is 5.88 Å². The molecule has 0 aliphatic carbocycles. The van der Waals surface area contributed by atoms with Crippen LogP contribution in [0.4, 0.5) is 0 Å². The highest BCUT2D eigenvalue weighted by Crippen LogP contribution is 2.13. The lowest BCUT2D eigenvalue weighted by molar-refractivity contribution is -0.129. The van der Waals surface area contributed by atoms with Gasteiger partial charge in [-0.25, -0.2) is 9.78 Å². The second-order valence-corrected chi connectivity index (χ2v) is 2.65. The molecule has 4 nitrogen and oxygen atoms in total. The molecule has 0 spiro atoms. The Kier molecular flexibility index (Phi) is 2.02. The lowest BCUT2D eigenvalue weighted by Gasteiger charge is -1.99. The van der Waals surface area contributed by atoms with Crippen LogP contribution >= 0.6 is 0 Å². The number of aromatic nitrogens is 2. The summed E-state index contributed by atoms with van der Waals surface area (Å²) in [5.74, 6) is -0.0962. The normalized spacial score (nSPS) is 10.0. The minimum absolute atomic E-state index is 0.394. The van der Waals surface area contributed by atoms with E-state index in [0.717, 1.165) is 11.7 Å². The van der Waals surface area contributed by atoms with Gasteiger partial charge in [-0.15, -0.1) is 0 Å². The van der Waals surface area contributed by atoms with E-state index in [1.54, 1.807) is 10.6 Å². The van der Waals surface area contributed by atoms with Crippen molar-refractivity contribution in [3.8, 4) is 5.88 Å². The third kappa shape index (κ3) is 1.37. The van der Waals surface area contributed by atoms with Crippen LogP contribution in [0.5, 0.6) is 5.88 Å². The molecule has 0 N–H and O–H groups in total. The van der Waals surface area contributed by atoms with E-state index < -0.39 is 5.97 Å². The zero-order valence-electron chi connectivity index (χ0n) is 7.38. The van der Waals surface area contributed by atoms with Crippen molar-refractivity contribution in [2.75, 3.05) is 0 Å². The third-order valence-corrected chi connectivity index (χ3v) is 1.75. The Labute approximate surface area is 80.4 Å². The summed E-state index contributed by atoms with van der Waals surface area (Å²) in [6.07, 6.45) is 4.38. The molecule has 0 atom stereocenters. The number of hydrogen-bond donors (Lipinski definition) is 0. The number of ether oxygens (including phenoxy) is 1. The zero-order valence-corrected chi connectivity index (χ0v) is 7.38. The molecule has 2 aromatic rings. The highest BCUT2D eigenvalue weighted by atomic mass is 16.5. The first-order chi connectivity index (χ1) is 6.81. The van der Waals surface area contributed by atoms with Crippen LogP contribution in [-0.4, -0.2) is 15.4 Å². The lowest BCUT2D eigenvalue weighted by Crippen LogP contribution is -2.04. The van der Waals surface area contributed by atoms with Gasteiger partial charge in [0, 0.05) is 12.3 Å². The quantitative estimate of drug-likeness (QED) is 0.529. The molecule has 2 rings (SSSR count). The van der Waals surface area contributed by atoms with Crippen LogP contribution in [0.25, 0.3) is 5.65 Å². The van der Waals surface area contributed by atoms with Gasteiger partial charge in [-0.3, -0.25) is 4.40 Å². The molecule has 0 aliphatic heterocycles. The van der Waals surface area contributed by atoms with Crippen LogP contribution in [0.2, 0.25) is 0 Å². The number of carbonyl (C=O) groups is 1. The molecule has 2 heterocycles. The largest absolute Gasteiger partial charge is 0.404 e. The van der Waals surface area contributed by atoms with Crippen LogP contribution < -0.4 is 4.74 Å². The third-order valence-electron chi connectivity index (χ3n) is 1.75. The molecule has 14 heavy (non-hydrogen) atoms. The van der Waals surface area contributed by atoms with Gasteiger partial charge in [-0.2, -0.15) is 0 Å². The SMILES string of the molecule is C=CC(=O)Oc1cnc2ccccn12. The van der Waals surface area contributed by atoms with Crippen molar-refractivity contribution in [1.29, 1.82) is 0 Å². The van der Waals surface area contributed by atoms with Gasteiger partial charge in [0.25, 0.3) is 0 Å². The molecule has 0 fully saturated rings. The summed E-state index contributed by atoms with van der Waals surface area (Å²) in [6.45, 7) is 3.32. The fourth-order valence-electron chi connectivity index (χ4n) is 1.13. The highest BCUT2D eigenvalue weighted by molar-refractivity contribution is 5.83. The number of imidazole rings is 1. The average Bonchev–Trinajstić information content (AvgIpc) is 2.62. The maximum absolute atomic E-state index is 10.9.